The minimum Gasteiger partial charge on any atom is -0.506 e. The lowest BCUT2D eigenvalue weighted by Gasteiger charge is -2.15. The quantitative estimate of drug-likeness (QED) is 0.710. The van der Waals surface area contributed by atoms with Gasteiger partial charge in [0.25, 0.3) is 11.5 Å². The first-order chi connectivity index (χ1) is 12.9. The largest absolute Gasteiger partial charge is 0.506 e. The third-order valence-corrected chi connectivity index (χ3v) is 4.29. The van der Waals surface area contributed by atoms with Crippen LogP contribution in [0.3, 0.4) is 0 Å². The first-order valence-corrected chi connectivity index (χ1v) is 8.55. The van der Waals surface area contributed by atoms with Gasteiger partial charge in [0.15, 0.2) is 11.6 Å². The molecule has 3 aromatic rings. The summed E-state index contributed by atoms with van der Waals surface area (Å²) in [6.45, 7) is 2.37. The van der Waals surface area contributed by atoms with E-state index in [1.54, 1.807) is 24.3 Å². The predicted molar refractivity (Wildman–Crippen MR) is 99.1 cm³/mol. The van der Waals surface area contributed by atoms with Crippen molar-refractivity contribution in [2.24, 2.45) is 0 Å². The smallest absolute Gasteiger partial charge is 0.267 e. The van der Waals surface area contributed by atoms with Gasteiger partial charge in [0.1, 0.15) is 11.3 Å². The lowest BCUT2D eigenvalue weighted by atomic mass is 10.1. The highest BCUT2D eigenvalue weighted by atomic mass is 19.2. The van der Waals surface area contributed by atoms with Gasteiger partial charge in [-0.05, 0) is 30.7 Å². The summed E-state index contributed by atoms with van der Waals surface area (Å²) in [7, 11) is 0. The zero-order chi connectivity index (χ0) is 19.6. The van der Waals surface area contributed by atoms with Crippen LogP contribution in [0.4, 0.5) is 14.5 Å². The van der Waals surface area contributed by atoms with Crippen molar-refractivity contribution in [2.75, 3.05) is 5.32 Å². The van der Waals surface area contributed by atoms with E-state index in [2.05, 4.69) is 5.32 Å². The first-order valence-electron chi connectivity index (χ1n) is 8.55. The maximum atomic E-state index is 13.4. The number of unbranched alkanes of at least 4 members (excludes halogenated alkanes) is 1. The number of benzene rings is 2. The lowest BCUT2D eigenvalue weighted by molar-refractivity contribution is 0.102. The van der Waals surface area contributed by atoms with E-state index >= 15 is 0 Å². The third-order valence-electron chi connectivity index (χ3n) is 4.29. The molecule has 0 radical (unpaired) electrons. The normalized spacial score (nSPS) is 10.9. The molecule has 140 valence electrons. The van der Waals surface area contributed by atoms with Crippen molar-refractivity contribution in [3.8, 4) is 5.75 Å². The molecule has 0 aliphatic rings. The van der Waals surface area contributed by atoms with Crippen LogP contribution in [0.1, 0.15) is 30.1 Å². The number of nitrogens with one attached hydrogen (secondary N) is 1. The second-order valence-corrected chi connectivity index (χ2v) is 6.13. The van der Waals surface area contributed by atoms with E-state index in [4.69, 9.17) is 0 Å². The highest BCUT2D eigenvalue weighted by Gasteiger charge is 2.22. The molecular formula is C20H18F2N2O3. The topological polar surface area (TPSA) is 71.3 Å². The molecule has 0 saturated carbocycles. The Balaban J connectivity index is 2.11. The van der Waals surface area contributed by atoms with E-state index in [9.17, 15) is 23.5 Å². The van der Waals surface area contributed by atoms with Gasteiger partial charge in [0.2, 0.25) is 0 Å². The Morgan fingerprint density at radius 1 is 1.15 bits per heavy atom. The number of halogens is 2. The van der Waals surface area contributed by atoms with Gasteiger partial charge in [-0.2, -0.15) is 0 Å². The number of rotatable bonds is 5. The summed E-state index contributed by atoms with van der Waals surface area (Å²) in [6, 6.07) is 9.58. The van der Waals surface area contributed by atoms with Gasteiger partial charge >= 0.3 is 0 Å². The fraction of sp³-hybridized carbons (Fsp3) is 0.200. The van der Waals surface area contributed by atoms with Gasteiger partial charge in [0, 0.05) is 23.7 Å². The van der Waals surface area contributed by atoms with Crippen molar-refractivity contribution >= 4 is 22.5 Å². The third kappa shape index (κ3) is 3.53. The number of para-hydroxylation sites is 1. The molecule has 0 bridgehead atoms. The Labute approximate surface area is 153 Å². The molecular weight excluding hydrogens is 354 g/mol. The van der Waals surface area contributed by atoms with Gasteiger partial charge < -0.3 is 15.0 Å². The molecule has 3 rings (SSSR count). The van der Waals surface area contributed by atoms with Crippen LogP contribution >= 0.6 is 0 Å². The van der Waals surface area contributed by atoms with Crippen LogP contribution in [0.5, 0.6) is 5.75 Å². The molecule has 0 unspecified atom stereocenters. The van der Waals surface area contributed by atoms with Crippen LogP contribution < -0.4 is 10.9 Å². The summed E-state index contributed by atoms with van der Waals surface area (Å²) in [6.07, 6.45) is 1.57. The van der Waals surface area contributed by atoms with Crippen molar-refractivity contribution < 1.29 is 18.7 Å². The Kier molecular flexibility index (Phi) is 5.21. The molecule has 0 aliphatic heterocycles. The Morgan fingerprint density at radius 3 is 2.59 bits per heavy atom. The number of amides is 1. The molecule has 1 amide bonds. The summed E-state index contributed by atoms with van der Waals surface area (Å²) < 4.78 is 27.9. The summed E-state index contributed by atoms with van der Waals surface area (Å²) in [5.74, 6) is -3.51. The first kappa shape index (κ1) is 18.6. The summed E-state index contributed by atoms with van der Waals surface area (Å²) in [5, 5.41) is 13.2. The number of hydrogen-bond acceptors (Lipinski definition) is 3. The number of carbonyl (C=O) groups excluding carboxylic acids is 1. The van der Waals surface area contributed by atoms with Crippen molar-refractivity contribution in [1.29, 1.82) is 0 Å². The molecule has 7 heteroatoms. The van der Waals surface area contributed by atoms with Crippen molar-refractivity contribution in [1.82, 2.24) is 4.57 Å². The number of nitrogens with zero attached hydrogens (tertiary/aromatic N) is 1. The molecule has 2 N–H and O–H groups in total. The zero-order valence-electron chi connectivity index (χ0n) is 14.6. The summed E-state index contributed by atoms with van der Waals surface area (Å²) in [4.78, 5) is 25.5. The van der Waals surface area contributed by atoms with E-state index in [0.717, 1.165) is 25.0 Å². The van der Waals surface area contributed by atoms with Crippen molar-refractivity contribution in [2.45, 2.75) is 26.3 Å². The number of aryl methyl sites for hydroxylation is 1. The van der Waals surface area contributed by atoms with E-state index in [1.807, 2.05) is 6.92 Å². The average molecular weight is 372 g/mol. The number of aromatic nitrogens is 1. The zero-order valence-corrected chi connectivity index (χ0v) is 14.6. The summed E-state index contributed by atoms with van der Waals surface area (Å²) >= 11 is 0. The molecule has 0 aliphatic carbocycles. The van der Waals surface area contributed by atoms with Crippen molar-refractivity contribution in [3.05, 3.63) is 70.0 Å². The fourth-order valence-electron chi connectivity index (χ4n) is 2.90. The molecule has 0 spiro atoms. The number of fused-ring (bicyclic) bond motifs is 1. The van der Waals surface area contributed by atoms with Gasteiger partial charge in [0.05, 0.1) is 5.52 Å². The minimum atomic E-state index is -1.13. The standard InChI is InChI=1S/C20H18F2N2O3/c1-2-3-10-24-16-7-5-4-6-13(16)18(25)17(20(24)27)19(26)23-12-8-9-14(21)15(22)11-12/h4-9,11,25H,2-3,10H2,1H3,(H,23,26). The second kappa shape index (κ2) is 7.57. The fourth-order valence-corrected chi connectivity index (χ4v) is 2.90. The SMILES string of the molecule is CCCCn1c(=O)c(C(=O)Nc2ccc(F)c(F)c2)c(O)c2ccccc21. The molecule has 5 nitrogen and oxygen atoms in total. The van der Waals surface area contributed by atoms with Gasteiger partial charge in [-0.3, -0.25) is 9.59 Å². The van der Waals surface area contributed by atoms with E-state index in [1.165, 1.54) is 10.6 Å². The highest BCUT2D eigenvalue weighted by Crippen LogP contribution is 2.27. The van der Waals surface area contributed by atoms with Crippen LogP contribution in [-0.4, -0.2) is 15.6 Å². The molecule has 1 heterocycles. The number of aromatic hydroxyl groups is 1. The van der Waals surface area contributed by atoms with E-state index < -0.39 is 34.4 Å². The number of pyridine rings is 1. The maximum absolute atomic E-state index is 13.4. The Bertz CT molecular complexity index is 1080. The van der Waals surface area contributed by atoms with Crippen LogP contribution in [0.25, 0.3) is 10.9 Å². The molecule has 0 atom stereocenters. The second-order valence-electron chi connectivity index (χ2n) is 6.13. The van der Waals surface area contributed by atoms with Crippen LogP contribution in [0.15, 0.2) is 47.3 Å². The molecule has 2 aromatic carbocycles. The number of carbonyl (C=O) groups is 1. The van der Waals surface area contributed by atoms with Crippen molar-refractivity contribution in [3.63, 3.8) is 0 Å². The molecule has 0 saturated heterocycles. The average Bonchev–Trinajstić information content (AvgIpc) is 2.65. The lowest BCUT2D eigenvalue weighted by Crippen LogP contribution is -2.30. The number of hydrogen-bond donors (Lipinski definition) is 2. The molecule has 27 heavy (non-hydrogen) atoms. The van der Waals surface area contributed by atoms with Gasteiger partial charge in [-0.15, -0.1) is 0 Å². The van der Waals surface area contributed by atoms with Crippen LogP contribution in [0, 0.1) is 11.6 Å². The molecule has 1 aromatic heterocycles. The van der Waals surface area contributed by atoms with Crippen LogP contribution in [0.2, 0.25) is 0 Å². The van der Waals surface area contributed by atoms with Crippen LogP contribution in [-0.2, 0) is 6.54 Å². The van der Waals surface area contributed by atoms with E-state index in [0.29, 0.717) is 17.4 Å². The Morgan fingerprint density at radius 2 is 1.89 bits per heavy atom. The predicted octanol–water partition coefficient (Wildman–Crippen LogP) is 4.04. The monoisotopic (exact) mass is 372 g/mol. The van der Waals surface area contributed by atoms with E-state index in [-0.39, 0.29) is 5.69 Å². The van der Waals surface area contributed by atoms with Gasteiger partial charge in [-0.1, -0.05) is 25.5 Å². The Hall–Kier alpha value is -3.22. The number of anilines is 1. The summed E-state index contributed by atoms with van der Waals surface area (Å²) in [5.41, 5.74) is -0.571. The minimum absolute atomic E-state index is 0.0223. The molecule has 0 fully saturated rings. The highest BCUT2D eigenvalue weighted by molar-refractivity contribution is 6.09. The maximum Gasteiger partial charge on any atom is 0.267 e. The van der Waals surface area contributed by atoms with Gasteiger partial charge in [-0.25, -0.2) is 8.78 Å².